The maximum Gasteiger partial charge on any atom is 0.272 e. The summed E-state index contributed by atoms with van der Waals surface area (Å²) in [7, 11) is 1.65. The number of benzene rings is 2. The SMILES string of the molecule is COc1cccc(Cc2n[nH]c(=O)c3ccccc23)c1. The molecule has 1 N–H and O–H groups in total. The van der Waals surface area contributed by atoms with E-state index in [4.69, 9.17) is 4.74 Å². The predicted octanol–water partition coefficient (Wildman–Crippen LogP) is 2.52. The van der Waals surface area contributed by atoms with E-state index in [1.807, 2.05) is 48.5 Å². The Balaban J connectivity index is 2.07. The molecule has 0 amide bonds. The number of H-pyrrole nitrogens is 1. The lowest BCUT2D eigenvalue weighted by Crippen LogP contribution is -2.11. The monoisotopic (exact) mass is 266 g/mol. The van der Waals surface area contributed by atoms with Crippen molar-refractivity contribution >= 4 is 10.8 Å². The highest BCUT2D eigenvalue weighted by molar-refractivity contribution is 5.83. The topological polar surface area (TPSA) is 55.0 Å². The quantitative estimate of drug-likeness (QED) is 0.792. The number of hydrogen-bond acceptors (Lipinski definition) is 3. The summed E-state index contributed by atoms with van der Waals surface area (Å²) in [6.45, 7) is 0. The van der Waals surface area contributed by atoms with Crippen LogP contribution >= 0.6 is 0 Å². The minimum Gasteiger partial charge on any atom is -0.497 e. The molecule has 0 atom stereocenters. The van der Waals surface area contributed by atoms with Crippen molar-refractivity contribution in [2.24, 2.45) is 0 Å². The third-order valence-corrected chi connectivity index (χ3v) is 3.28. The lowest BCUT2D eigenvalue weighted by atomic mass is 10.0. The van der Waals surface area contributed by atoms with Crippen LogP contribution in [0.1, 0.15) is 11.3 Å². The second-order valence-corrected chi connectivity index (χ2v) is 4.57. The van der Waals surface area contributed by atoms with Crippen LogP contribution in [-0.2, 0) is 6.42 Å². The molecule has 1 heterocycles. The zero-order valence-corrected chi connectivity index (χ0v) is 11.1. The molecule has 2 aromatic carbocycles. The summed E-state index contributed by atoms with van der Waals surface area (Å²) >= 11 is 0. The van der Waals surface area contributed by atoms with E-state index in [1.165, 1.54) is 0 Å². The van der Waals surface area contributed by atoms with Crippen LogP contribution in [0.15, 0.2) is 53.3 Å². The average molecular weight is 266 g/mol. The molecule has 100 valence electrons. The predicted molar refractivity (Wildman–Crippen MR) is 78.2 cm³/mol. The normalized spacial score (nSPS) is 10.7. The summed E-state index contributed by atoms with van der Waals surface area (Å²) in [5.74, 6) is 0.816. The van der Waals surface area contributed by atoms with E-state index < -0.39 is 0 Å². The molecule has 0 fully saturated rings. The van der Waals surface area contributed by atoms with Gasteiger partial charge >= 0.3 is 0 Å². The van der Waals surface area contributed by atoms with Crippen LogP contribution in [0.3, 0.4) is 0 Å². The lowest BCUT2D eigenvalue weighted by molar-refractivity contribution is 0.414. The standard InChI is InChI=1S/C16H14N2O2/c1-20-12-6-4-5-11(9-12)10-15-13-7-2-3-8-14(13)16(19)18-17-15/h2-9H,10H2,1H3,(H,18,19). The minimum absolute atomic E-state index is 0.157. The molecule has 0 aliphatic heterocycles. The molecule has 0 bridgehead atoms. The zero-order valence-electron chi connectivity index (χ0n) is 11.1. The minimum atomic E-state index is -0.157. The maximum absolute atomic E-state index is 11.7. The van der Waals surface area contributed by atoms with E-state index in [1.54, 1.807) is 7.11 Å². The summed E-state index contributed by atoms with van der Waals surface area (Å²) < 4.78 is 5.22. The molecule has 0 spiro atoms. The number of aromatic nitrogens is 2. The first-order chi connectivity index (χ1) is 9.78. The van der Waals surface area contributed by atoms with Gasteiger partial charge in [0.25, 0.3) is 5.56 Å². The molecule has 0 saturated carbocycles. The van der Waals surface area contributed by atoms with Crippen molar-refractivity contribution in [1.82, 2.24) is 10.2 Å². The van der Waals surface area contributed by atoms with Crippen LogP contribution in [0.4, 0.5) is 0 Å². The fraction of sp³-hybridized carbons (Fsp3) is 0.125. The summed E-state index contributed by atoms with van der Waals surface area (Å²) in [6, 6.07) is 15.3. The average Bonchev–Trinajstić information content (AvgIpc) is 2.51. The van der Waals surface area contributed by atoms with Crippen molar-refractivity contribution in [2.75, 3.05) is 7.11 Å². The Morgan fingerprint density at radius 1 is 1.10 bits per heavy atom. The summed E-state index contributed by atoms with van der Waals surface area (Å²) in [5, 5.41) is 8.29. The van der Waals surface area contributed by atoms with Crippen LogP contribution in [-0.4, -0.2) is 17.3 Å². The maximum atomic E-state index is 11.7. The first-order valence-electron chi connectivity index (χ1n) is 6.37. The Kier molecular flexibility index (Phi) is 3.21. The van der Waals surface area contributed by atoms with Gasteiger partial charge in [-0.05, 0) is 23.8 Å². The number of hydrogen-bond donors (Lipinski definition) is 1. The number of ether oxygens (including phenoxy) is 1. The van der Waals surface area contributed by atoms with Crippen LogP contribution in [0.25, 0.3) is 10.8 Å². The first-order valence-corrected chi connectivity index (χ1v) is 6.37. The molecule has 0 aliphatic carbocycles. The van der Waals surface area contributed by atoms with Crippen molar-refractivity contribution in [3.8, 4) is 5.75 Å². The molecular formula is C16H14N2O2. The number of fused-ring (bicyclic) bond motifs is 1. The van der Waals surface area contributed by atoms with Gasteiger partial charge in [-0.3, -0.25) is 4.79 Å². The Bertz CT molecular complexity index is 809. The van der Waals surface area contributed by atoms with Crippen molar-refractivity contribution in [3.05, 3.63) is 70.1 Å². The number of aromatic amines is 1. The molecule has 20 heavy (non-hydrogen) atoms. The second-order valence-electron chi connectivity index (χ2n) is 4.57. The molecule has 0 saturated heterocycles. The fourth-order valence-corrected chi connectivity index (χ4v) is 2.28. The highest BCUT2D eigenvalue weighted by Gasteiger charge is 2.07. The van der Waals surface area contributed by atoms with Gasteiger partial charge in [0.15, 0.2) is 0 Å². The van der Waals surface area contributed by atoms with Crippen LogP contribution in [0.5, 0.6) is 5.75 Å². The van der Waals surface area contributed by atoms with Crippen LogP contribution in [0, 0.1) is 0 Å². The highest BCUT2D eigenvalue weighted by Crippen LogP contribution is 2.19. The van der Waals surface area contributed by atoms with E-state index >= 15 is 0 Å². The number of nitrogens with one attached hydrogen (secondary N) is 1. The number of methoxy groups -OCH3 is 1. The first kappa shape index (κ1) is 12.4. The molecular weight excluding hydrogens is 252 g/mol. The molecule has 3 rings (SSSR count). The van der Waals surface area contributed by atoms with Crippen LogP contribution < -0.4 is 10.3 Å². The largest absolute Gasteiger partial charge is 0.497 e. The van der Waals surface area contributed by atoms with Gasteiger partial charge in [-0.15, -0.1) is 0 Å². The molecule has 4 heteroatoms. The Morgan fingerprint density at radius 3 is 2.70 bits per heavy atom. The third kappa shape index (κ3) is 2.28. The highest BCUT2D eigenvalue weighted by atomic mass is 16.5. The Labute approximate surface area is 116 Å². The Morgan fingerprint density at radius 2 is 1.90 bits per heavy atom. The lowest BCUT2D eigenvalue weighted by Gasteiger charge is -2.06. The van der Waals surface area contributed by atoms with Gasteiger partial charge in [-0.1, -0.05) is 30.3 Å². The zero-order chi connectivity index (χ0) is 13.9. The van der Waals surface area contributed by atoms with E-state index in [0.717, 1.165) is 22.4 Å². The van der Waals surface area contributed by atoms with Gasteiger partial charge < -0.3 is 4.74 Å². The van der Waals surface area contributed by atoms with Gasteiger partial charge in [-0.2, -0.15) is 5.10 Å². The second kappa shape index (κ2) is 5.17. The molecule has 1 aromatic heterocycles. The summed E-state index contributed by atoms with van der Waals surface area (Å²) in [6.07, 6.45) is 0.647. The van der Waals surface area contributed by atoms with Gasteiger partial charge in [-0.25, -0.2) is 5.10 Å². The van der Waals surface area contributed by atoms with E-state index in [0.29, 0.717) is 11.8 Å². The van der Waals surface area contributed by atoms with Crippen molar-refractivity contribution in [1.29, 1.82) is 0 Å². The van der Waals surface area contributed by atoms with E-state index in [2.05, 4.69) is 10.2 Å². The molecule has 0 radical (unpaired) electrons. The van der Waals surface area contributed by atoms with Crippen molar-refractivity contribution in [3.63, 3.8) is 0 Å². The third-order valence-electron chi connectivity index (χ3n) is 3.28. The molecule has 4 nitrogen and oxygen atoms in total. The van der Waals surface area contributed by atoms with Crippen LogP contribution in [0.2, 0.25) is 0 Å². The van der Waals surface area contributed by atoms with Gasteiger partial charge in [0.1, 0.15) is 5.75 Å². The fourth-order valence-electron chi connectivity index (χ4n) is 2.28. The van der Waals surface area contributed by atoms with E-state index in [-0.39, 0.29) is 5.56 Å². The molecule has 0 unspecified atom stereocenters. The van der Waals surface area contributed by atoms with Crippen molar-refractivity contribution in [2.45, 2.75) is 6.42 Å². The summed E-state index contributed by atoms with van der Waals surface area (Å²) in [4.78, 5) is 11.7. The van der Waals surface area contributed by atoms with Gasteiger partial charge in [0.2, 0.25) is 0 Å². The van der Waals surface area contributed by atoms with Crippen molar-refractivity contribution < 1.29 is 4.74 Å². The van der Waals surface area contributed by atoms with Gasteiger partial charge in [0, 0.05) is 11.8 Å². The molecule has 3 aromatic rings. The Hall–Kier alpha value is -2.62. The summed E-state index contributed by atoms with van der Waals surface area (Å²) in [5.41, 5.74) is 1.79. The smallest absolute Gasteiger partial charge is 0.272 e. The van der Waals surface area contributed by atoms with Gasteiger partial charge in [0.05, 0.1) is 18.2 Å². The number of rotatable bonds is 3. The number of nitrogens with zero attached hydrogens (tertiary/aromatic N) is 1. The van der Waals surface area contributed by atoms with E-state index in [9.17, 15) is 4.79 Å². The molecule has 0 aliphatic rings.